The van der Waals surface area contributed by atoms with Crippen LogP contribution >= 0.6 is 0 Å². The highest BCUT2D eigenvalue weighted by molar-refractivity contribution is 5.29. The maximum Gasteiger partial charge on any atom is 0.127 e. The topological polar surface area (TPSA) is 15.7 Å². The molecule has 1 atom stereocenters. The number of rotatable bonds is 5. The Bertz CT molecular complexity index is 474. The fourth-order valence-corrected chi connectivity index (χ4v) is 3.64. The van der Waals surface area contributed by atoms with Gasteiger partial charge in [-0.05, 0) is 63.0 Å². The molecule has 0 amide bonds. The Kier molecular flexibility index (Phi) is 4.76. The van der Waals surface area contributed by atoms with Crippen LogP contribution < -0.4 is 4.74 Å². The Morgan fingerprint density at radius 1 is 1.14 bits per heavy atom. The molecule has 4 heteroatoms. The third kappa shape index (κ3) is 3.74. The van der Waals surface area contributed by atoms with Crippen LogP contribution in [0.2, 0.25) is 0 Å². The molecule has 1 unspecified atom stereocenters. The predicted octanol–water partition coefficient (Wildman–Crippen LogP) is 2.89. The molecule has 2 heterocycles. The van der Waals surface area contributed by atoms with E-state index in [1.807, 2.05) is 6.07 Å². The lowest BCUT2D eigenvalue weighted by molar-refractivity contribution is 0.185. The van der Waals surface area contributed by atoms with Gasteiger partial charge in [-0.15, -0.1) is 0 Å². The van der Waals surface area contributed by atoms with Gasteiger partial charge in [0.05, 0.1) is 7.11 Å². The molecule has 0 bridgehead atoms. The van der Waals surface area contributed by atoms with Crippen molar-refractivity contribution in [3.05, 3.63) is 29.6 Å². The molecule has 1 aromatic carbocycles. The highest BCUT2D eigenvalue weighted by Crippen LogP contribution is 2.24. The van der Waals surface area contributed by atoms with E-state index >= 15 is 0 Å². The van der Waals surface area contributed by atoms with Gasteiger partial charge in [-0.2, -0.15) is 0 Å². The average Bonchev–Trinajstić information content (AvgIpc) is 3.11. The Morgan fingerprint density at radius 2 is 1.95 bits per heavy atom. The molecule has 3 nitrogen and oxygen atoms in total. The van der Waals surface area contributed by atoms with Crippen molar-refractivity contribution >= 4 is 0 Å². The van der Waals surface area contributed by atoms with Crippen LogP contribution in [0.25, 0.3) is 0 Å². The minimum Gasteiger partial charge on any atom is -0.497 e. The van der Waals surface area contributed by atoms with Gasteiger partial charge >= 0.3 is 0 Å². The molecule has 0 N–H and O–H groups in total. The van der Waals surface area contributed by atoms with Crippen molar-refractivity contribution in [3.8, 4) is 5.75 Å². The van der Waals surface area contributed by atoms with Gasteiger partial charge in [-0.1, -0.05) is 0 Å². The molecule has 0 saturated carbocycles. The first-order valence-corrected chi connectivity index (χ1v) is 8.04. The molecular formula is C17H25FN2O. The monoisotopic (exact) mass is 292 g/mol. The standard InChI is InChI=1S/C17H25FN2O/c1-21-17-10-14(9-15(18)11-17)12-20-8-4-5-16(20)13-19-6-2-3-7-19/h9-11,16H,2-8,12-13H2,1H3. The summed E-state index contributed by atoms with van der Waals surface area (Å²) in [5.41, 5.74) is 1.01. The van der Waals surface area contributed by atoms with E-state index in [2.05, 4.69) is 9.80 Å². The molecule has 0 radical (unpaired) electrons. The van der Waals surface area contributed by atoms with Gasteiger partial charge in [-0.25, -0.2) is 4.39 Å². The summed E-state index contributed by atoms with van der Waals surface area (Å²) in [5.74, 6) is 0.403. The zero-order valence-corrected chi connectivity index (χ0v) is 12.9. The van der Waals surface area contributed by atoms with Crippen molar-refractivity contribution in [2.45, 2.75) is 38.3 Å². The molecule has 2 saturated heterocycles. The Hall–Kier alpha value is -1.13. The van der Waals surface area contributed by atoms with Crippen molar-refractivity contribution in [3.63, 3.8) is 0 Å². The third-order valence-electron chi connectivity index (χ3n) is 4.72. The highest BCUT2D eigenvalue weighted by atomic mass is 19.1. The predicted molar refractivity (Wildman–Crippen MR) is 82.1 cm³/mol. The van der Waals surface area contributed by atoms with E-state index in [0.29, 0.717) is 11.8 Å². The summed E-state index contributed by atoms with van der Waals surface area (Å²) in [6.07, 6.45) is 5.20. The van der Waals surface area contributed by atoms with Gasteiger partial charge in [0, 0.05) is 25.2 Å². The van der Waals surface area contributed by atoms with Gasteiger partial charge in [0.15, 0.2) is 0 Å². The number of hydrogen-bond donors (Lipinski definition) is 0. The minimum absolute atomic E-state index is 0.209. The molecular weight excluding hydrogens is 267 g/mol. The molecule has 3 rings (SSSR count). The second kappa shape index (κ2) is 6.75. The summed E-state index contributed by atoms with van der Waals surface area (Å²) in [7, 11) is 1.59. The summed E-state index contributed by atoms with van der Waals surface area (Å²) < 4.78 is 18.8. The molecule has 116 valence electrons. The number of benzene rings is 1. The molecule has 0 spiro atoms. The van der Waals surface area contributed by atoms with E-state index in [4.69, 9.17) is 4.74 Å². The summed E-state index contributed by atoms with van der Waals surface area (Å²) in [6, 6.07) is 5.65. The van der Waals surface area contributed by atoms with Crippen LogP contribution in [0.15, 0.2) is 18.2 Å². The van der Waals surface area contributed by atoms with Gasteiger partial charge in [0.2, 0.25) is 0 Å². The van der Waals surface area contributed by atoms with Crippen molar-refractivity contribution in [2.24, 2.45) is 0 Å². The maximum atomic E-state index is 13.6. The molecule has 2 fully saturated rings. The molecule has 21 heavy (non-hydrogen) atoms. The Labute approximate surface area is 126 Å². The molecule has 2 aliphatic heterocycles. The van der Waals surface area contributed by atoms with E-state index < -0.39 is 0 Å². The first-order chi connectivity index (χ1) is 10.2. The number of methoxy groups -OCH3 is 1. The maximum absolute atomic E-state index is 13.6. The van der Waals surface area contributed by atoms with E-state index in [-0.39, 0.29) is 5.82 Å². The molecule has 0 aromatic heterocycles. The SMILES string of the molecule is COc1cc(F)cc(CN2CCCC2CN2CCCC2)c1. The van der Waals surface area contributed by atoms with Crippen LogP contribution in [0.5, 0.6) is 5.75 Å². The first-order valence-electron chi connectivity index (χ1n) is 8.04. The van der Waals surface area contributed by atoms with Crippen LogP contribution in [0.1, 0.15) is 31.2 Å². The van der Waals surface area contributed by atoms with E-state index in [1.165, 1.54) is 51.4 Å². The molecule has 2 aliphatic rings. The summed E-state index contributed by atoms with van der Waals surface area (Å²) in [6.45, 7) is 5.62. The fraction of sp³-hybridized carbons (Fsp3) is 0.647. The van der Waals surface area contributed by atoms with Crippen LogP contribution in [-0.2, 0) is 6.54 Å². The van der Waals surface area contributed by atoms with Crippen molar-refractivity contribution in [2.75, 3.05) is 33.3 Å². The second-order valence-corrected chi connectivity index (χ2v) is 6.27. The lowest BCUT2D eigenvalue weighted by Gasteiger charge is -2.28. The van der Waals surface area contributed by atoms with Crippen LogP contribution in [-0.4, -0.2) is 49.1 Å². The highest BCUT2D eigenvalue weighted by Gasteiger charge is 2.27. The normalized spacial score (nSPS) is 23.8. The van der Waals surface area contributed by atoms with Crippen molar-refractivity contribution in [1.29, 1.82) is 0 Å². The zero-order chi connectivity index (χ0) is 14.7. The van der Waals surface area contributed by atoms with Crippen LogP contribution in [0.3, 0.4) is 0 Å². The lowest BCUT2D eigenvalue weighted by atomic mass is 10.1. The van der Waals surface area contributed by atoms with Crippen molar-refractivity contribution < 1.29 is 9.13 Å². The van der Waals surface area contributed by atoms with Gasteiger partial charge < -0.3 is 9.64 Å². The van der Waals surface area contributed by atoms with E-state index in [1.54, 1.807) is 13.2 Å². The van der Waals surface area contributed by atoms with Gasteiger partial charge in [-0.3, -0.25) is 4.90 Å². The fourth-order valence-electron chi connectivity index (χ4n) is 3.64. The summed E-state index contributed by atoms with van der Waals surface area (Å²) >= 11 is 0. The number of nitrogens with zero attached hydrogens (tertiary/aromatic N) is 2. The van der Waals surface area contributed by atoms with E-state index in [9.17, 15) is 4.39 Å². The number of hydrogen-bond acceptors (Lipinski definition) is 3. The van der Waals surface area contributed by atoms with Crippen LogP contribution in [0, 0.1) is 5.82 Å². The Morgan fingerprint density at radius 3 is 2.71 bits per heavy atom. The summed E-state index contributed by atoms with van der Waals surface area (Å²) in [4.78, 5) is 5.08. The number of ether oxygens (including phenoxy) is 1. The largest absolute Gasteiger partial charge is 0.497 e. The first kappa shape index (κ1) is 14.8. The Balaban J connectivity index is 1.63. The second-order valence-electron chi connectivity index (χ2n) is 6.27. The number of halogens is 1. The molecule has 0 aliphatic carbocycles. The van der Waals surface area contributed by atoms with Crippen LogP contribution in [0.4, 0.5) is 4.39 Å². The quantitative estimate of drug-likeness (QED) is 0.830. The minimum atomic E-state index is -0.209. The molecule has 1 aromatic rings. The number of likely N-dealkylation sites (tertiary alicyclic amines) is 2. The van der Waals surface area contributed by atoms with Crippen molar-refractivity contribution in [1.82, 2.24) is 9.80 Å². The summed E-state index contributed by atoms with van der Waals surface area (Å²) in [5, 5.41) is 0. The average molecular weight is 292 g/mol. The smallest absolute Gasteiger partial charge is 0.127 e. The van der Waals surface area contributed by atoms with Gasteiger partial charge in [0.25, 0.3) is 0 Å². The zero-order valence-electron chi connectivity index (χ0n) is 12.9. The van der Waals surface area contributed by atoms with E-state index in [0.717, 1.165) is 18.7 Å². The van der Waals surface area contributed by atoms with Gasteiger partial charge in [0.1, 0.15) is 11.6 Å². The third-order valence-corrected chi connectivity index (χ3v) is 4.72. The lowest BCUT2D eigenvalue weighted by Crippen LogP contribution is -2.38.